The van der Waals surface area contributed by atoms with Gasteiger partial charge in [-0.1, -0.05) is 30.3 Å². The zero-order chi connectivity index (χ0) is 13.2. The quantitative estimate of drug-likeness (QED) is 0.548. The van der Waals surface area contributed by atoms with Crippen LogP contribution in [0.15, 0.2) is 30.3 Å². The van der Waals surface area contributed by atoms with Gasteiger partial charge in [0.2, 0.25) is 0 Å². The predicted molar refractivity (Wildman–Crippen MR) is 67.5 cm³/mol. The lowest BCUT2D eigenvalue weighted by Gasteiger charge is -2.17. The maximum atomic E-state index is 10.7. The predicted octanol–water partition coefficient (Wildman–Crippen LogP) is 1.88. The number of hydrogen-bond acceptors (Lipinski definition) is 3. The van der Waals surface area contributed by atoms with E-state index in [9.17, 15) is 4.79 Å². The fourth-order valence-corrected chi connectivity index (χ4v) is 1.51. The SMILES string of the molecule is CCOCCOC(Cc1ccccc1)NC(=O)O. The van der Waals surface area contributed by atoms with E-state index in [0.29, 0.717) is 26.2 Å². The maximum absolute atomic E-state index is 10.7. The first-order valence-electron chi connectivity index (χ1n) is 5.95. The third kappa shape index (κ3) is 6.22. The highest BCUT2D eigenvalue weighted by molar-refractivity contribution is 5.64. The van der Waals surface area contributed by atoms with Gasteiger partial charge < -0.3 is 14.6 Å². The number of rotatable bonds is 8. The highest BCUT2D eigenvalue weighted by atomic mass is 16.5. The molecule has 1 atom stereocenters. The Morgan fingerprint density at radius 1 is 1.33 bits per heavy atom. The molecule has 0 bridgehead atoms. The van der Waals surface area contributed by atoms with Crippen LogP contribution in [0, 0.1) is 0 Å². The van der Waals surface area contributed by atoms with Crippen molar-refractivity contribution in [2.24, 2.45) is 0 Å². The summed E-state index contributed by atoms with van der Waals surface area (Å²) in [7, 11) is 0. The van der Waals surface area contributed by atoms with Crippen LogP contribution < -0.4 is 5.32 Å². The molecule has 1 unspecified atom stereocenters. The molecule has 0 heterocycles. The van der Waals surface area contributed by atoms with E-state index in [0.717, 1.165) is 5.56 Å². The molecule has 5 heteroatoms. The van der Waals surface area contributed by atoms with Gasteiger partial charge in [0.05, 0.1) is 13.2 Å². The average molecular weight is 253 g/mol. The van der Waals surface area contributed by atoms with Crippen LogP contribution >= 0.6 is 0 Å². The van der Waals surface area contributed by atoms with E-state index in [2.05, 4.69) is 5.32 Å². The summed E-state index contributed by atoms with van der Waals surface area (Å²) in [5.41, 5.74) is 1.02. The van der Waals surface area contributed by atoms with Gasteiger partial charge in [0.15, 0.2) is 0 Å². The van der Waals surface area contributed by atoms with Gasteiger partial charge in [-0.25, -0.2) is 4.79 Å². The minimum absolute atomic E-state index is 0.367. The molecule has 1 aromatic carbocycles. The second-order valence-electron chi connectivity index (χ2n) is 3.70. The van der Waals surface area contributed by atoms with Crippen LogP contribution in [-0.2, 0) is 15.9 Å². The Balaban J connectivity index is 2.42. The molecule has 2 N–H and O–H groups in total. The molecule has 1 rings (SSSR count). The van der Waals surface area contributed by atoms with Crippen molar-refractivity contribution in [3.05, 3.63) is 35.9 Å². The number of nitrogens with one attached hydrogen (secondary N) is 1. The molecule has 0 fully saturated rings. The van der Waals surface area contributed by atoms with Gasteiger partial charge in [0.25, 0.3) is 0 Å². The van der Waals surface area contributed by atoms with Gasteiger partial charge >= 0.3 is 6.09 Å². The summed E-state index contributed by atoms with van der Waals surface area (Å²) in [5.74, 6) is 0. The molecule has 0 aliphatic carbocycles. The van der Waals surface area contributed by atoms with Crippen LogP contribution in [0.25, 0.3) is 0 Å². The Labute approximate surface area is 107 Å². The van der Waals surface area contributed by atoms with Crippen LogP contribution in [-0.4, -0.2) is 37.2 Å². The largest absolute Gasteiger partial charge is 0.465 e. The highest BCUT2D eigenvalue weighted by Gasteiger charge is 2.12. The van der Waals surface area contributed by atoms with Crippen molar-refractivity contribution in [3.8, 4) is 0 Å². The van der Waals surface area contributed by atoms with E-state index in [1.54, 1.807) is 0 Å². The fourth-order valence-electron chi connectivity index (χ4n) is 1.51. The van der Waals surface area contributed by atoms with Gasteiger partial charge in [0, 0.05) is 13.0 Å². The molecule has 100 valence electrons. The molecular weight excluding hydrogens is 234 g/mol. The van der Waals surface area contributed by atoms with Gasteiger partial charge in [0.1, 0.15) is 6.23 Å². The first-order chi connectivity index (χ1) is 8.72. The number of hydrogen-bond donors (Lipinski definition) is 2. The van der Waals surface area contributed by atoms with Crippen LogP contribution in [0.3, 0.4) is 0 Å². The average Bonchev–Trinajstić information content (AvgIpc) is 2.35. The zero-order valence-corrected chi connectivity index (χ0v) is 10.5. The van der Waals surface area contributed by atoms with E-state index in [4.69, 9.17) is 14.6 Å². The lowest BCUT2D eigenvalue weighted by atomic mass is 10.1. The molecule has 0 aliphatic heterocycles. The van der Waals surface area contributed by atoms with Gasteiger partial charge in [-0.3, -0.25) is 5.32 Å². The molecule has 1 amide bonds. The molecule has 5 nitrogen and oxygen atoms in total. The van der Waals surface area contributed by atoms with Crippen molar-refractivity contribution >= 4 is 6.09 Å². The number of benzene rings is 1. The van der Waals surface area contributed by atoms with Crippen molar-refractivity contribution in [1.29, 1.82) is 0 Å². The van der Waals surface area contributed by atoms with Crippen LogP contribution in [0.4, 0.5) is 4.79 Å². The van der Waals surface area contributed by atoms with Crippen molar-refractivity contribution < 1.29 is 19.4 Å². The number of carboxylic acid groups (broad SMARTS) is 1. The Hall–Kier alpha value is -1.59. The first kappa shape index (κ1) is 14.5. The standard InChI is InChI=1S/C13H19NO4/c1-2-17-8-9-18-12(14-13(15)16)10-11-6-4-3-5-7-11/h3-7,12,14H,2,8-10H2,1H3,(H,15,16). The molecule has 1 aromatic rings. The number of ether oxygens (including phenoxy) is 2. The van der Waals surface area contributed by atoms with Crippen molar-refractivity contribution in [1.82, 2.24) is 5.32 Å². The topological polar surface area (TPSA) is 67.8 Å². The molecule has 0 aromatic heterocycles. The van der Waals surface area contributed by atoms with E-state index >= 15 is 0 Å². The monoisotopic (exact) mass is 253 g/mol. The third-order valence-electron chi connectivity index (χ3n) is 2.30. The Morgan fingerprint density at radius 2 is 2.06 bits per heavy atom. The second kappa shape index (κ2) is 8.49. The molecule has 0 saturated heterocycles. The summed E-state index contributed by atoms with van der Waals surface area (Å²) in [4.78, 5) is 10.7. The van der Waals surface area contributed by atoms with E-state index in [-0.39, 0.29) is 0 Å². The van der Waals surface area contributed by atoms with Crippen LogP contribution in [0.2, 0.25) is 0 Å². The smallest absolute Gasteiger partial charge is 0.406 e. The summed E-state index contributed by atoms with van der Waals surface area (Å²) in [6.45, 7) is 3.35. The summed E-state index contributed by atoms with van der Waals surface area (Å²) in [6, 6.07) is 9.60. The fraction of sp³-hybridized carbons (Fsp3) is 0.462. The molecule has 18 heavy (non-hydrogen) atoms. The Kier molecular flexibility index (Phi) is 6.83. The summed E-state index contributed by atoms with van der Waals surface area (Å²) in [5, 5.41) is 11.1. The molecule has 0 aliphatic rings. The minimum atomic E-state index is -1.09. The van der Waals surface area contributed by atoms with Gasteiger partial charge in [-0.05, 0) is 12.5 Å². The summed E-state index contributed by atoms with van der Waals surface area (Å²) < 4.78 is 10.6. The molecular formula is C13H19NO4. The second-order valence-corrected chi connectivity index (χ2v) is 3.70. The van der Waals surface area contributed by atoms with Crippen LogP contribution in [0.5, 0.6) is 0 Å². The van der Waals surface area contributed by atoms with E-state index in [1.807, 2.05) is 37.3 Å². The number of amides is 1. The molecule has 0 radical (unpaired) electrons. The molecule has 0 saturated carbocycles. The molecule has 0 spiro atoms. The lowest BCUT2D eigenvalue weighted by molar-refractivity contribution is -0.00523. The zero-order valence-electron chi connectivity index (χ0n) is 10.5. The van der Waals surface area contributed by atoms with Crippen LogP contribution in [0.1, 0.15) is 12.5 Å². The van der Waals surface area contributed by atoms with Crippen molar-refractivity contribution in [2.75, 3.05) is 19.8 Å². The van der Waals surface area contributed by atoms with Crippen molar-refractivity contribution in [3.63, 3.8) is 0 Å². The van der Waals surface area contributed by atoms with Gasteiger partial charge in [-0.15, -0.1) is 0 Å². The van der Waals surface area contributed by atoms with Crippen molar-refractivity contribution in [2.45, 2.75) is 19.6 Å². The Bertz CT molecular complexity index is 342. The number of carbonyl (C=O) groups is 1. The summed E-state index contributed by atoms with van der Waals surface area (Å²) in [6.07, 6.45) is -1.14. The first-order valence-corrected chi connectivity index (χ1v) is 5.95. The third-order valence-corrected chi connectivity index (χ3v) is 2.30. The minimum Gasteiger partial charge on any atom is -0.465 e. The summed E-state index contributed by atoms with van der Waals surface area (Å²) >= 11 is 0. The highest BCUT2D eigenvalue weighted by Crippen LogP contribution is 2.04. The van der Waals surface area contributed by atoms with E-state index in [1.165, 1.54) is 0 Å². The maximum Gasteiger partial charge on any atom is 0.406 e. The normalized spacial score (nSPS) is 12.1. The Morgan fingerprint density at radius 3 is 2.67 bits per heavy atom. The van der Waals surface area contributed by atoms with E-state index < -0.39 is 12.3 Å². The van der Waals surface area contributed by atoms with Gasteiger partial charge in [-0.2, -0.15) is 0 Å². The lowest BCUT2D eigenvalue weighted by Crippen LogP contribution is -2.38.